The molecule has 17 heteroatoms. The second-order valence-corrected chi connectivity index (χ2v) is 6.01. The molecule has 0 heterocycles. The molecular formula is C14H28FeO16. The molecule has 2 unspecified atom stereocenters. The van der Waals surface area contributed by atoms with E-state index in [4.69, 9.17) is 71.5 Å². The average molecular weight is 508 g/mol. The second kappa shape index (κ2) is 16.6. The third-order valence-electron chi connectivity index (χ3n) is 3.72. The summed E-state index contributed by atoms with van der Waals surface area (Å²) in [4.78, 5) is 20.4. The van der Waals surface area contributed by atoms with Gasteiger partial charge in [-0.05, 0) is 0 Å². The summed E-state index contributed by atoms with van der Waals surface area (Å²) in [6.45, 7) is -1.76. The first-order valence-corrected chi connectivity index (χ1v) is 8.13. The van der Waals surface area contributed by atoms with Crippen LogP contribution in [-0.4, -0.2) is 158 Å². The Bertz CT molecular complexity index is 465. The second-order valence-electron chi connectivity index (χ2n) is 6.01. The van der Waals surface area contributed by atoms with Crippen LogP contribution >= 0.6 is 0 Å². The van der Waals surface area contributed by atoms with Gasteiger partial charge in [-0.15, -0.1) is 0 Å². The van der Waals surface area contributed by atoms with Crippen LogP contribution in [0, 0.1) is 0 Å². The summed E-state index contributed by atoms with van der Waals surface area (Å²) >= 11 is 0. The van der Waals surface area contributed by atoms with Gasteiger partial charge in [-0.1, -0.05) is 0 Å². The Labute approximate surface area is 185 Å². The van der Waals surface area contributed by atoms with Crippen LogP contribution in [0.5, 0.6) is 0 Å². The molecule has 0 spiro atoms. The van der Waals surface area contributed by atoms with E-state index in [1.54, 1.807) is 0 Å². The van der Waals surface area contributed by atoms with Gasteiger partial charge in [0.15, 0.2) is 12.2 Å². The number of carboxylic acid groups (broad SMARTS) is 2. The van der Waals surface area contributed by atoms with Gasteiger partial charge in [-0.2, -0.15) is 0 Å². The molecule has 0 aliphatic heterocycles. The maximum atomic E-state index is 10.2. The Balaban J connectivity index is -0.000000490. The van der Waals surface area contributed by atoms with Crippen molar-refractivity contribution in [1.29, 1.82) is 0 Å². The van der Waals surface area contributed by atoms with Crippen molar-refractivity contribution in [1.82, 2.24) is 0 Å². The van der Waals surface area contributed by atoms with Gasteiger partial charge >= 0.3 is 11.9 Å². The SMILES string of the molecule is O=C(O)[C@H](O)[C@@H](O)[C@H](O)[C@H](O)C(O)CO.O=C(O)[C@H](O)[C@@H](O)[C@H](O)[C@H](O)C(O)CO.[Fe]. The zero-order valence-corrected chi connectivity index (χ0v) is 16.7. The van der Waals surface area contributed by atoms with E-state index in [-0.39, 0.29) is 17.1 Å². The summed E-state index contributed by atoms with van der Waals surface area (Å²) in [6.07, 6.45) is -20.5. The smallest absolute Gasteiger partial charge is 0.335 e. The van der Waals surface area contributed by atoms with Gasteiger partial charge in [0.25, 0.3) is 0 Å². The van der Waals surface area contributed by atoms with Crippen LogP contribution in [0.25, 0.3) is 0 Å². The quantitative estimate of drug-likeness (QED) is 0.109. The molecule has 0 aromatic heterocycles. The molecule has 0 aromatic rings. The van der Waals surface area contributed by atoms with E-state index >= 15 is 0 Å². The van der Waals surface area contributed by atoms with Crippen LogP contribution in [0.1, 0.15) is 0 Å². The van der Waals surface area contributed by atoms with Crippen LogP contribution in [0.3, 0.4) is 0 Å². The summed E-state index contributed by atoms with van der Waals surface area (Å²) in [7, 11) is 0. The Kier molecular flexibility index (Phi) is 18.5. The number of aliphatic carboxylic acids is 2. The Morgan fingerprint density at radius 3 is 0.871 bits per heavy atom. The maximum absolute atomic E-state index is 10.2. The fourth-order valence-electron chi connectivity index (χ4n) is 1.74. The number of carbonyl (C=O) groups is 2. The Morgan fingerprint density at radius 2 is 0.710 bits per heavy atom. The van der Waals surface area contributed by atoms with Crippen molar-refractivity contribution in [2.45, 2.75) is 61.0 Å². The molecule has 0 amide bonds. The van der Waals surface area contributed by atoms with Crippen molar-refractivity contribution in [3.05, 3.63) is 0 Å². The van der Waals surface area contributed by atoms with E-state index < -0.39 is 86.2 Å². The Morgan fingerprint density at radius 1 is 0.484 bits per heavy atom. The average Bonchev–Trinajstić information content (AvgIpc) is 2.73. The molecule has 0 fully saturated rings. The molecule has 0 saturated carbocycles. The zero-order chi connectivity index (χ0) is 24.3. The monoisotopic (exact) mass is 508 g/mol. The molecule has 0 radical (unpaired) electrons. The normalized spacial score (nSPS) is 20.8. The molecule has 31 heavy (non-hydrogen) atoms. The molecule has 0 aliphatic carbocycles. The summed E-state index contributed by atoms with van der Waals surface area (Å²) in [6, 6.07) is 0. The van der Waals surface area contributed by atoms with E-state index in [0.29, 0.717) is 0 Å². The molecular weight excluding hydrogens is 480 g/mol. The van der Waals surface area contributed by atoms with Crippen molar-refractivity contribution in [2.24, 2.45) is 0 Å². The number of aliphatic hydroxyl groups is 12. The van der Waals surface area contributed by atoms with Crippen molar-refractivity contribution in [3.8, 4) is 0 Å². The van der Waals surface area contributed by atoms with Crippen LogP contribution in [0.2, 0.25) is 0 Å². The van der Waals surface area contributed by atoms with E-state index in [2.05, 4.69) is 0 Å². The first-order valence-electron chi connectivity index (χ1n) is 8.13. The number of hydrogen-bond acceptors (Lipinski definition) is 14. The van der Waals surface area contributed by atoms with Gasteiger partial charge in [0.2, 0.25) is 0 Å². The van der Waals surface area contributed by atoms with Crippen molar-refractivity contribution in [3.63, 3.8) is 0 Å². The van der Waals surface area contributed by atoms with E-state index in [9.17, 15) is 9.59 Å². The number of rotatable bonds is 12. The summed E-state index contributed by atoms with van der Waals surface area (Å²) in [5.41, 5.74) is 0. The number of carboxylic acids is 2. The van der Waals surface area contributed by atoms with E-state index in [1.165, 1.54) is 0 Å². The van der Waals surface area contributed by atoms with Gasteiger partial charge in [-0.3, -0.25) is 0 Å². The minimum Gasteiger partial charge on any atom is -0.479 e. The summed E-state index contributed by atoms with van der Waals surface area (Å²) < 4.78 is 0. The molecule has 14 N–H and O–H groups in total. The topological polar surface area (TPSA) is 317 Å². The van der Waals surface area contributed by atoms with Gasteiger partial charge in [0.1, 0.15) is 48.8 Å². The summed E-state index contributed by atoms with van der Waals surface area (Å²) in [5.74, 6) is -3.57. The van der Waals surface area contributed by atoms with Crippen molar-refractivity contribution in [2.75, 3.05) is 13.2 Å². The molecule has 0 aromatic carbocycles. The van der Waals surface area contributed by atoms with E-state index in [1.807, 2.05) is 0 Å². The van der Waals surface area contributed by atoms with Gasteiger partial charge in [-0.25, -0.2) is 9.59 Å². The van der Waals surface area contributed by atoms with Gasteiger partial charge in [0, 0.05) is 17.1 Å². The van der Waals surface area contributed by atoms with E-state index in [0.717, 1.165) is 0 Å². The largest absolute Gasteiger partial charge is 0.479 e. The predicted octanol–water partition coefficient (Wildman–Crippen LogP) is -8.27. The van der Waals surface area contributed by atoms with Crippen LogP contribution in [-0.2, 0) is 26.7 Å². The fourth-order valence-corrected chi connectivity index (χ4v) is 1.74. The van der Waals surface area contributed by atoms with Crippen LogP contribution in [0.4, 0.5) is 0 Å². The van der Waals surface area contributed by atoms with Gasteiger partial charge in [0.05, 0.1) is 13.2 Å². The zero-order valence-electron chi connectivity index (χ0n) is 15.6. The molecule has 0 aliphatic rings. The molecule has 10 atom stereocenters. The molecule has 16 nitrogen and oxygen atoms in total. The first kappa shape index (κ1) is 34.6. The molecule has 188 valence electrons. The molecule has 0 saturated heterocycles. The minimum absolute atomic E-state index is 0. The minimum atomic E-state index is -2.29. The Hall–Kier alpha value is -1.02. The van der Waals surface area contributed by atoms with Crippen molar-refractivity contribution >= 4 is 11.9 Å². The predicted molar refractivity (Wildman–Crippen MR) is 89.5 cm³/mol. The van der Waals surface area contributed by atoms with Gasteiger partial charge < -0.3 is 71.5 Å². The summed E-state index contributed by atoms with van der Waals surface area (Å²) in [5, 5.41) is 123. The standard InChI is InChI=1S/2C7H14O8.Fe/c2*8-1-2(9)3(10)4(11)5(12)6(13)7(14)15;/h2*2-6,8-13H,1H2,(H,14,15);/t2*2?,3-,4-,5+,6-;/m11./s1. The number of aliphatic hydroxyl groups excluding tert-OH is 12. The molecule has 0 bridgehead atoms. The number of hydrogen-bond donors (Lipinski definition) is 14. The third-order valence-corrected chi connectivity index (χ3v) is 3.72. The maximum Gasteiger partial charge on any atom is 0.335 e. The third kappa shape index (κ3) is 11.4. The van der Waals surface area contributed by atoms with Crippen LogP contribution < -0.4 is 0 Å². The van der Waals surface area contributed by atoms with Crippen LogP contribution in [0.15, 0.2) is 0 Å². The molecule has 0 rings (SSSR count). The van der Waals surface area contributed by atoms with Crippen molar-refractivity contribution < 1.29 is 98.1 Å². The first-order chi connectivity index (χ1) is 13.6. The fraction of sp³-hybridized carbons (Fsp3) is 0.857.